The third-order valence-electron chi connectivity index (χ3n) is 2.53. The van der Waals surface area contributed by atoms with Crippen LogP contribution in [0.3, 0.4) is 0 Å². The Hall–Kier alpha value is -1.43. The van der Waals surface area contributed by atoms with E-state index in [0.717, 1.165) is 26.1 Å². The van der Waals surface area contributed by atoms with Crippen molar-refractivity contribution in [2.75, 3.05) is 20.3 Å². The standard InChI is InChI=1S/C10H14N2O4/c1-14-10(13)5-9-11-8(12-16-9)4-7-2-3-15-6-7/h7H,2-6H2,1H3. The molecule has 0 spiro atoms. The summed E-state index contributed by atoms with van der Waals surface area (Å²) < 4.78 is 14.7. The monoisotopic (exact) mass is 226 g/mol. The zero-order chi connectivity index (χ0) is 11.4. The van der Waals surface area contributed by atoms with E-state index in [-0.39, 0.29) is 12.4 Å². The molecule has 1 unspecified atom stereocenters. The van der Waals surface area contributed by atoms with E-state index in [1.54, 1.807) is 0 Å². The minimum atomic E-state index is -0.376. The summed E-state index contributed by atoms with van der Waals surface area (Å²) in [4.78, 5) is 15.1. The molecule has 6 heteroatoms. The first-order valence-electron chi connectivity index (χ1n) is 5.24. The summed E-state index contributed by atoms with van der Waals surface area (Å²) in [6.45, 7) is 1.55. The van der Waals surface area contributed by atoms with Crippen molar-refractivity contribution in [2.45, 2.75) is 19.3 Å². The molecule has 1 aromatic heterocycles. The zero-order valence-corrected chi connectivity index (χ0v) is 9.14. The molecule has 0 amide bonds. The highest BCUT2D eigenvalue weighted by Gasteiger charge is 2.19. The summed E-state index contributed by atoms with van der Waals surface area (Å²) >= 11 is 0. The van der Waals surface area contributed by atoms with Gasteiger partial charge in [0, 0.05) is 19.6 Å². The van der Waals surface area contributed by atoms with Gasteiger partial charge in [-0.15, -0.1) is 0 Å². The Bertz CT molecular complexity index is 357. The number of methoxy groups -OCH3 is 1. The van der Waals surface area contributed by atoms with Crippen LogP contribution >= 0.6 is 0 Å². The first kappa shape index (κ1) is 11.1. The molecule has 1 atom stereocenters. The van der Waals surface area contributed by atoms with Crippen LogP contribution in [0, 0.1) is 5.92 Å². The van der Waals surface area contributed by atoms with Gasteiger partial charge in [0.15, 0.2) is 5.82 Å². The number of hydrogen-bond acceptors (Lipinski definition) is 6. The molecule has 0 saturated carbocycles. The van der Waals surface area contributed by atoms with Gasteiger partial charge in [-0.3, -0.25) is 4.79 Å². The van der Waals surface area contributed by atoms with Gasteiger partial charge < -0.3 is 14.0 Å². The van der Waals surface area contributed by atoms with Crippen molar-refractivity contribution in [1.29, 1.82) is 0 Å². The summed E-state index contributed by atoms with van der Waals surface area (Å²) in [5.41, 5.74) is 0. The Morgan fingerprint density at radius 1 is 1.62 bits per heavy atom. The molecule has 1 fully saturated rings. The van der Waals surface area contributed by atoms with E-state index in [1.807, 2.05) is 0 Å². The van der Waals surface area contributed by atoms with Crippen LogP contribution in [0.5, 0.6) is 0 Å². The number of nitrogens with zero attached hydrogens (tertiary/aromatic N) is 2. The van der Waals surface area contributed by atoms with Crippen LogP contribution in [-0.4, -0.2) is 36.4 Å². The molecule has 0 radical (unpaired) electrons. The van der Waals surface area contributed by atoms with Crippen molar-refractivity contribution in [2.24, 2.45) is 5.92 Å². The van der Waals surface area contributed by atoms with Gasteiger partial charge in [-0.2, -0.15) is 4.98 Å². The third kappa shape index (κ3) is 2.79. The average Bonchev–Trinajstić information content (AvgIpc) is 2.91. The molecular weight excluding hydrogens is 212 g/mol. The van der Waals surface area contributed by atoms with Crippen LogP contribution in [0.25, 0.3) is 0 Å². The maximum absolute atomic E-state index is 11.0. The average molecular weight is 226 g/mol. The van der Waals surface area contributed by atoms with Gasteiger partial charge in [-0.1, -0.05) is 5.16 Å². The lowest BCUT2D eigenvalue weighted by atomic mass is 10.1. The fraction of sp³-hybridized carbons (Fsp3) is 0.700. The number of carbonyl (C=O) groups excluding carboxylic acids is 1. The van der Waals surface area contributed by atoms with Gasteiger partial charge in [0.25, 0.3) is 0 Å². The van der Waals surface area contributed by atoms with Gasteiger partial charge >= 0.3 is 5.97 Å². The lowest BCUT2D eigenvalue weighted by molar-refractivity contribution is -0.140. The minimum absolute atomic E-state index is 0.0324. The molecule has 1 saturated heterocycles. The number of rotatable bonds is 4. The predicted molar refractivity (Wildman–Crippen MR) is 52.6 cm³/mol. The Labute approximate surface area is 92.9 Å². The molecular formula is C10H14N2O4. The Morgan fingerprint density at radius 3 is 3.19 bits per heavy atom. The summed E-state index contributed by atoms with van der Waals surface area (Å²) in [6, 6.07) is 0. The molecule has 2 heterocycles. The minimum Gasteiger partial charge on any atom is -0.469 e. The molecule has 16 heavy (non-hydrogen) atoms. The van der Waals surface area contributed by atoms with E-state index in [0.29, 0.717) is 17.6 Å². The van der Waals surface area contributed by atoms with Crippen LogP contribution in [-0.2, 0) is 27.1 Å². The number of carbonyl (C=O) groups is 1. The van der Waals surface area contributed by atoms with Crippen LogP contribution < -0.4 is 0 Å². The fourth-order valence-electron chi connectivity index (χ4n) is 1.64. The highest BCUT2D eigenvalue weighted by atomic mass is 16.5. The predicted octanol–water partition coefficient (Wildman–Crippen LogP) is 0.364. The van der Waals surface area contributed by atoms with E-state index in [1.165, 1.54) is 7.11 Å². The summed E-state index contributed by atoms with van der Waals surface area (Å²) in [6.07, 6.45) is 1.80. The second-order valence-electron chi connectivity index (χ2n) is 3.79. The summed E-state index contributed by atoms with van der Waals surface area (Å²) in [5.74, 6) is 1.03. The molecule has 88 valence electrons. The van der Waals surface area contributed by atoms with E-state index in [4.69, 9.17) is 9.26 Å². The molecule has 1 aromatic rings. The van der Waals surface area contributed by atoms with E-state index in [9.17, 15) is 4.79 Å². The fourth-order valence-corrected chi connectivity index (χ4v) is 1.64. The molecule has 6 nitrogen and oxygen atoms in total. The third-order valence-corrected chi connectivity index (χ3v) is 2.53. The maximum atomic E-state index is 11.0. The molecule has 0 N–H and O–H groups in total. The highest BCUT2D eigenvalue weighted by Crippen LogP contribution is 2.16. The Morgan fingerprint density at radius 2 is 2.50 bits per heavy atom. The van der Waals surface area contributed by atoms with Crippen LogP contribution in [0.2, 0.25) is 0 Å². The van der Waals surface area contributed by atoms with Crippen molar-refractivity contribution >= 4 is 5.97 Å². The lowest BCUT2D eigenvalue weighted by Crippen LogP contribution is -2.06. The van der Waals surface area contributed by atoms with E-state index in [2.05, 4.69) is 14.9 Å². The molecule has 0 bridgehead atoms. The second-order valence-corrected chi connectivity index (χ2v) is 3.79. The second kappa shape index (κ2) is 5.07. The Balaban J connectivity index is 1.88. The normalized spacial score (nSPS) is 19.9. The highest BCUT2D eigenvalue weighted by molar-refractivity contribution is 5.70. The molecule has 2 rings (SSSR count). The Kier molecular flexibility index (Phi) is 3.51. The molecule has 0 aliphatic carbocycles. The summed E-state index contributed by atoms with van der Waals surface area (Å²) in [7, 11) is 1.33. The first-order chi connectivity index (χ1) is 7.78. The van der Waals surface area contributed by atoms with Crippen LogP contribution in [0.4, 0.5) is 0 Å². The van der Waals surface area contributed by atoms with Gasteiger partial charge in [0.2, 0.25) is 5.89 Å². The smallest absolute Gasteiger partial charge is 0.315 e. The number of esters is 1. The van der Waals surface area contributed by atoms with Crippen molar-refractivity contribution in [3.05, 3.63) is 11.7 Å². The molecule has 1 aliphatic heterocycles. The van der Waals surface area contributed by atoms with Crippen molar-refractivity contribution < 1.29 is 18.8 Å². The van der Waals surface area contributed by atoms with E-state index < -0.39 is 0 Å². The number of hydrogen-bond donors (Lipinski definition) is 0. The van der Waals surface area contributed by atoms with Gasteiger partial charge in [0.1, 0.15) is 6.42 Å². The lowest BCUT2D eigenvalue weighted by Gasteiger charge is -2.00. The summed E-state index contributed by atoms with van der Waals surface area (Å²) in [5, 5.41) is 3.82. The quantitative estimate of drug-likeness (QED) is 0.690. The molecule has 1 aliphatic rings. The largest absolute Gasteiger partial charge is 0.469 e. The number of aromatic nitrogens is 2. The van der Waals surface area contributed by atoms with Crippen molar-refractivity contribution in [3.8, 4) is 0 Å². The van der Waals surface area contributed by atoms with Crippen molar-refractivity contribution in [1.82, 2.24) is 10.1 Å². The van der Waals surface area contributed by atoms with Gasteiger partial charge in [-0.25, -0.2) is 0 Å². The van der Waals surface area contributed by atoms with Crippen molar-refractivity contribution in [3.63, 3.8) is 0 Å². The maximum Gasteiger partial charge on any atom is 0.315 e. The van der Waals surface area contributed by atoms with Crippen LogP contribution in [0.1, 0.15) is 18.1 Å². The van der Waals surface area contributed by atoms with E-state index >= 15 is 0 Å². The van der Waals surface area contributed by atoms with Gasteiger partial charge in [-0.05, 0) is 12.3 Å². The molecule has 0 aromatic carbocycles. The van der Waals surface area contributed by atoms with Gasteiger partial charge in [0.05, 0.1) is 7.11 Å². The van der Waals surface area contributed by atoms with Crippen LogP contribution in [0.15, 0.2) is 4.52 Å². The SMILES string of the molecule is COC(=O)Cc1nc(CC2CCOC2)no1. The zero-order valence-electron chi connectivity index (χ0n) is 9.14. The first-order valence-corrected chi connectivity index (χ1v) is 5.24. The topological polar surface area (TPSA) is 74.5 Å². The number of ether oxygens (including phenoxy) is 2.